The summed E-state index contributed by atoms with van der Waals surface area (Å²) in [6.07, 6.45) is 8.45. The van der Waals surface area contributed by atoms with Crippen LogP contribution >= 0.6 is 0 Å². The molecule has 3 heteroatoms. The number of hydrogen-bond acceptors (Lipinski definition) is 2. The summed E-state index contributed by atoms with van der Waals surface area (Å²) >= 11 is 0. The van der Waals surface area contributed by atoms with E-state index in [4.69, 9.17) is 0 Å². The van der Waals surface area contributed by atoms with Gasteiger partial charge in [-0.2, -0.15) is 0 Å². The third-order valence-corrected chi connectivity index (χ3v) is 4.63. The minimum atomic E-state index is 0.0634. The molecule has 0 spiro atoms. The Morgan fingerprint density at radius 2 is 1.83 bits per heavy atom. The highest BCUT2D eigenvalue weighted by Gasteiger charge is 2.30. The van der Waals surface area contributed by atoms with Crippen LogP contribution in [0.2, 0.25) is 0 Å². The van der Waals surface area contributed by atoms with Crippen LogP contribution in [0, 0.1) is 11.8 Å². The molecular weight excluding hydrogens is 224 g/mol. The molecule has 1 heterocycles. The molecule has 0 aromatic rings. The molecule has 2 aliphatic rings. The lowest BCUT2D eigenvalue weighted by atomic mass is 9.77. The summed E-state index contributed by atoms with van der Waals surface area (Å²) in [6, 6.07) is 0.475. The SMILES string of the molecule is CC(C)C1CCCCC1NC(=O)[C@H]1CCCCN1. The van der Waals surface area contributed by atoms with Gasteiger partial charge in [0.05, 0.1) is 6.04 Å². The van der Waals surface area contributed by atoms with E-state index in [1.807, 2.05) is 0 Å². The van der Waals surface area contributed by atoms with Gasteiger partial charge in [0, 0.05) is 6.04 Å². The number of amides is 1. The second kappa shape index (κ2) is 6.55. The predicted octanol–water partition coefficient (Wildman–Crippen LogP) is 2.46. The summed E-state index contributed by atoms with van der Waals surface area (Å²) in [5, 5.41) is 6.66. The summed E-state index contributed by atoms with van der Waals surface area (Å²) in [4.78, 5) is 12.3. The number of rotatable bonds is 3. The third kappa shape index (κ3) is 3.47. The van der Waals surface area contributed by atoms with Gasteiger partial charge in [0.15, 0.2) is 0 Å². The van der Waals surface area contributed by atoms with Gasteiger partial charge in [-0.15, -0.1) is 0 Å². The van der Waals surface area contributed by atoms with Gasteiger partial charge in [-0.1, -0.05) is 33.1 Å². The summed E-state index contributed by atoms with van der Waals surface area (Å²) in [6.45, 7) is 5.57. The Balaban J connectivity index is 1.87. The lowest BCUT2D eigenvalue weighted by molar-refractivity contribution is -0.125. The van der Waals surface area contributed by atoms with Crippen molar-refractivity contribution in [1.29, 1.82) is 0 Å². The Morgan fingerprint density at radius 3 is 2.50 bits per heavy atom. The smallest absolute Gasteiger partial charge is 0.237 e. The van der Waals surface area contributed by atoms with Gasteiger partial charge >= 0.3 is 0 Å². The fourth-order valence-electron chi connectivity index (χ4n) is 3.50. The molecule has 0 bridgehead atoms. The van der Waals surface area contributed by atoms with E-state index in [0.29, 0.717) is 17.9 Å². The van der Waals surface area contributed by atoms with E-state index in [0.717, 1.165) is 13.0 Å². The van der Waals surface area contributed by atoms with Crippen LogP contribution in [0.25, 0.3) is 0 Å². The minimum absolute atomic E-state index is 0.0634. The zero-order valence-electron chi connectivity index (χ0n) is 11.9. The quantitative estimate of drug-likeness (QED) is 0.810. The molecule has 1 aliphatic heterocycles. The molecule has 104 valence electrons. The van der Waals surface area contributed by atoms with Gasteiger partial charge < -0.3 is 10.6 Å². The normalized spacial score (nSPS) is 33.4. The molecule has 2 N–H and O–H groups in total. The van der Waals surface area contributed by atoms with E-state index in [2.05, 4.69) is 24.5 Å². The molecule has 2 fully saturated rings. The van der Waals surface area contributed by atoms with Crippen molar-refractivity contribution < 1.29 is 4.79 Å². The molecule has 2 unspecified atom stereocenters. The van der Waals surface area contributed by atoms with Crippen LogP contribution in [-0.4, -0.2) is 24.5 Å². The summed E-state index contributed by atoms with van der Waals surface area (Å²) in [5.41, 5.74) is 0. The Hall–Kier alpha value is -0.570. The number of carbonyl (C=O) groups is 1. The van der Waals surface area contributed by atoms with Crippen molar-refractivity contribution in [1.82, 2.24) is 10.6 Å². The van der Waals surface area contributed by atoms with Crippen molar-refractivity contribution >= 4 is 5.91 Å². The van der Waals surface area contributed by atoms with E-state index < -0.39 is 0 Å². The minimum Gasteiger partial charge on any atom is -0.352 e. The van der Waals surface area contributed by atoms with Crippen LogP contribution in [0.1, 0.15) is 58.8 Å². The first kappa shape index (κ1) is 13.9. The van der Waals surface area contributed by atoms with Gasteiger partial charge in [-0.25, -0.2) is 0 Å². The van der Waals surface area contributed by atoms with Crippen molar-refractivity contribution in [3.8, 4) is 0 Å². The molecular formula is C15H28N2O. The fourth-order valence-corrected chi connectivity index (χ4v) is 3.50. The van der Waals surface area contributed by atoms with E-state index in [1.54, 1.807) is 0 Å². The molecule has 0 radical (unpaired) electrons. The molecule has 0 aromatic heterocycles. The van der Waals surface area contributed by atoms with Crippen LogP contribution in [-0.2, 0) is 4.79 Å². The average molecular weight is 252 g/mol. The molecule has 1 saturated heterocycles. The van der Waals surface area contributed by atoms with Gasteiger partial charge in [-0.05, 0) is 44.1 Å². The van der Waals surface area contributed by atoms with Crippen molar-refractivity contribution in [2.75, 3.05) is 6.54 Å². The van der Waals surface area contributed by atoms with E-state index in [1.165, 1.54) is 38.5 Å². The van der Waals surface area contributed by atoms with Crippen LogP contribution in [0.4, 0.5) is 0 Å². The molecule has 3 atom stereocenters. The molecule has 18 heavy (non-hydrogen) atoms. The van der Waals surface area contributed by atoms with Crippen LogP contribution in [0.15, 0.2) is 0 Å². The number of piperidine rings is 1. The van der Waals surface area contributed by atoms with Gasteiger partial charge in [0.1, 0.15) is 0 Å². The first-order valence-electron chi connectivity index (χ1n) is 7.72. The van der Waals surface area contributed by atoms with E-state index >= 15 is 0 Å². The second-order valence-electron chi connectivity index (χ2n) is 6.31. The molecule has 3 nitrogen and oxygen atoms in total. The Kier molecular flexibility index (Phi) is 5.04. The average Bonchev–Trinajstić information content (AvgIpc) is 2.40. The molecule has 1 amide bonds. The number of nitrogens with one attached hydrogen (secondary N) is 2. The molecule has 1 aliphatic carbocycles. The highest BCUT2D eigenvalue weighted by molar-refractivity contribution is 5.82. The Morgan fingerprint density at radius 1 is 1.11 bits per heavy atom. The number of carbonyl (C=O) groups excluding carboxylic acids is 1. The highest BCUT2D eigenvalue weighted by Crippen LogP contribution is 2.30. The van der Waals surface area contributed by atoms with Crippen molar-refractivity contribution in [2.45, 2.75) is 70.9 Å². The molecule has 1 saturated carbocycles. The van der Waals surface area contributed by atoms with Crippen molar-refractivity contribution in [3.05, 3.63) is 0 Å². The highest BCUT2D eigenvalue weighted by atomic mass is 16.2. The predicted molar refractivity (Wildman–Crippen MR) is 74.4 cm³/mol. The second-order valence-corrected chi connectivity index (χ2v) is 6.31. The summed E-state index contributed by atoms with van der Waals surface area (Å²) in [7, 11) is 0. The van der Waals surface area contributed by atoms with Gasteiger partial charge in [0.25, 0.3) is 0 Å². The molecule has 2 rings (SSSR count). The molecule has 0 aromatic carbocycles. The first-order chi connectivity index (χ1) is 8.68. The van der Waals surface area contributed by atoms with E-state index in [-0.39, 0.29) is 11.9 Å². The largest absolute Gasteiger partial charge is 0.352 e. The standard InChI is InChI=1S/C15H28N2O/c1-11(2)12-7-3-4-8-13(12)17-15(18)14-9-5-6-10-16-14/h11-14,16H,3-10H2,1-2H3,(H,17,18)/t12?,13?,14-/m1/s1. The Labute approximate surface area is 111 Å². The van der Waals surface area contributed by atoms with Crippen molar-refractivity contribution in [3.63, 3.8) is 0 Å². The summed E-state index contributed by atoms with van der Waals surface area (Å²) < 4.78 is 0. The maximum absolute atomic E-state index is 12.3. The lowest BCUT2D eigenvalue weighted by Crippen LogP contribution is -2.52. The van der Waals surface area contributed by atoms with Crippen LogP contribution < -0.4 is 10.6 Å². The van der Waals surface area contributed by atoms with Gasteiger partial charge in [0.2, 0.25) is 5.91 Å². The third-order valence-electron chi connectivity index (χ3n) is 4.63. The lowest BCUT2D eigenvalue weighted by Gasteiger charge is -2.36. The van der Waals surface area contributed by atoms with Gasteiger partial charge in [-0.3, -0.25) is 4.79 Å². The van der Waals surface area contributed by atoms with E-state index in [9.17, 15) is 4.79 Å². The number of hydrogen-bond donors (Lipinski definition) is 2. The van der Waals surface area contributed by atoms with Crippen LogP contribution in [0.3, 0.4) is 0 Å². The van der Waals surface area contributed by atoms with Crippen molar-refractivity contribution in [2.24, 2.45) is 11.8 Å². The topological polar surface area (TPSA) is 41.1 Å². The summed E-state index contributed by atoms with van der Waals surface area (Å²) in [5.74, 6) is 1.59. The Bertz CT molecular complexity index is 272. The zero-order chi connectivity index (χ0) is 13.0. The van der Waals surface area contributed by atoms with Crippen LogP contribution in [0.5, 0.6) is 0 Å². The zero-order valence-corrected chi connectivity index (χ0v) is 11.9. The maximum atomic E-state index is 12.3. The fraction of sp³-hybridized carbons (Fsp3) is 0.933. The monoisotopic (exact) mass is 252 g/mol. The first-order valence-corrected chi connectivity index (χ1v) is 7.72. The maximum Gasteiger partial charge on any atom is 0.237 e.